The molecule has 1 fully saturated rings. The zero-order valence-corrected chi connectivity index (χ0v) is 18.6. The molecular weight excluding hydrogens is 455 g/mol. The van der Waals surface area contributed by atoms with Crippen molar-refractivity contribution in [2.24, 2.45) is 0 Å². The van der Waals surface area contributed by atoms with Gasteiger partial charge in [-0.2, -0.15) is 0 Å². The van der Waals surface area contributed by atoms with Crippen molar-refractivity contribution in [2.45, 2.75) is 18.4 Å². The lowest BCUT2D eigenvalue weighted by molar-refractivity contribution is 0.103. The van der Waals surface area contributed by atoms with Crippen molar-refractivity contribution in [3.63, 3.8) is 0 Å². The number of carbonyl (C=O) groups is 1. The van der Waals surface area contributed by atoms with E-state index in [1.807, 2.05) is 19.0 Å². The fraction of sp³-hybridized carbons (Fsp3) is 0.318. The number of ketones is 1. The van der Waals surface area contributed by atoms with Gasteiger partial charge >= 0.3 is 0 Å². The van der Waals surface area contributed by atoms with Gasteiger partial charge in [0.2, 0.25) is 0 Å². The second-order valence-electron chi connectivity index (χ2n) is 8.50. The van der Waals surface area contributed by atoms with Crippen LogP contribution in [-0.2, 0) is 0 Å². The normalized spacial score (nSPS) is 19.8. The molecule has 0 saturated carbocycles. The first-order valence-corrected chi connectivity index (χ1v) is 11.1. The van der Waals surface area contributed by atoms with Crippen LogP contribution >= 0.6 is 11.5 Å². The number of pyridine rings is 1. The van der Waals surface area contributed by atoms with Crippen molar-refractivity contribution in [1.82, 2.24) is 14.3 Å². The van der Waals surface area contributed by atoms with Crippen molar-refractivity contribution in [3.8, 4) is 0 Å². The number of nitrogen functional groups attached to an aromatic ring is 1. The number of likely N-dealkylation sites (N-methyl/N-ethyl adjacent to an activating group) is 1. The highest BCUT2D eigenvalue weighted by Crippen LogP contribution is 2.44. The number of aromatic nitrogens is 2. The maximum absolute atomic E-state index is 15.2. The van der Waals surface area contributed by atoms with Crippen LogP contribution in [0.3, 0.4) is 0 Å². The Morgan fingerprint density at radius 3 is 2.61 bits per heavy atom. The van der Waals surface area contributed by atoms with Gasteiger partial charge in [0, 0.05) is 30.8 Å². The zero-order valence-electron chi connectivity index (χ0n) is 17.8. The second-order valence-corrected chi connectivity index (χ2v) is 9.35. The Morgan fingerprint density at radius 1 is 1.15 bits per heavy atom. The van der Waals surface area contributed by atoms with Crippen molar-refractivity contribution < 1.29 is 18.0 Å². The van der Waals surface area contributed by atoms with Gasteiger partial charge < -0.3 is 15.5 Å². The summed E-state index contributed by atoms with van der Waals surface area (Å²) >= 11 is 0.874. The molecule has 0 amide bonds. The summed E-state index contributed by atoms with van der Waals surface area (Å²) in [6, 6.07) is 3.46. The highest BCUT2D eigenvalue weighted by molar-refractivity contribution is 7.06. The number of rotatable bonds is 3. The van der Waals surface area contributed by atoms with Gasteiger partial charge in [-0.05, 0) is 38.2 Å². The number of benzene rings is 1. The third-order valence-electron chi connectivity index (χ3n) is 6.38. The predicted octanol–water partition coefficient (Wildman–Crippen LogP) is 2.70. The molecule has 1 aliphatic heterocycles. The maximum Gasteiger partial charge on any atom is 0.269 e. The van der Waals surface area contributed by atoms with Crippen LogP contribution in [0.15, 0.2) is 23.0 Å². The van der Waals surface area contributed by atoms with Crippen LogP contribution in [0.5, 0.6) is 0 Å². The van der Waals surface area contributed by atoms with E-state index in [-0.39, 0.29) is 33.4 Å². The van der Waals surface area contributed by atoms with Gasteiger partial charge in [0.1, 0.15) is 17.2 Å². The molecule has 0 radical (unpaired) electrons. The average Bonchev–Trinajstić information content (AvgIpc) is 3.39. The Hall–Kier alpha value is -3.18. The molecule has 1 saturated heterocycles. The van der Waals surface area contributed by atoms with Crippen molar-refractivity contribution in [1.29, 1.82) is 0 Å². The van der Waals surface area contributed by atoms with E-state index in [0.29, 0.717) is 24.7 Å². The van der Waals surface area contributed by atoms with Crippen LogP contribution < -0.4 is 16.2 Å². The van der Waals surface area contributed by atoms with E-state index in [4.69, 9.17) is 5.73 Å². The summed E-state index contributed by atoms with van der Waals surface area (Å²) in [5.74, 6) is -4.78. The Labute approximate surface area is 190 Å². The van der Waals surface area contributed by atoms with Gasteiger partial charge in [-0.15, -0.1) is 0 Å². The second kappa shape index (κ2) is 7.70. The first kappa shape index (κ1) is 21.7. The molecule has 2 atom stereocenters. The summed E-state index contributed by atoms with van der Waals surface area (Å²) in [6.07, 6.45) is 0.833. The number of aromatic amines is 1. The molecule has 172 valence electrons. The zero-order chi connectivity index (χ0) is 23.6. The van der Waals surface area contributed by atoms with Gasteiger partial charge in [0.05, 0.1) is 22.2 Å². The fourth-order valence-electron chi connectivity index (χ4n) is 4.62. The average molecular weight is 475 g/mol. The molecule has 2 unspecified atom stereocenters. The molecule has 1 aliphatic carbocycles. The van der Waals surface area contributed by atoms with E-state index in [1.54, 1.807) is 0 Å². The van der Waals surface area contributed by atoms with Gasteiger partial charge in [-0.25, -0.2) is 18.2 Å². The van der Waals surface area contributed by atoms with Crippen LogP contribution in [0.4, 0.5) is 24.7 Å². The number of hydrogen-bond acceptors (Lipinski definition) is 7. The summed E-state index contributed by atoms with van der Waals surface area (Å²) in [5, 5.41) is 0. The van der Waals surface area contributed by atoms with E-state index in [0.717, 1.165) is 24.0 Å². The van der Waals surface area contributed by atoms with Crippen molar-refractivity contribution >= 4 is 28.8 Å². The third kappa shape index (κ3) is 3.34. The molecule has 2 aromatic heterocycles. The number of fused-ring (bicyclic) bond motifs is 2. The summed E-state index contributed by atoms with van der Waals surface area (Å²) in [7, 11) is 3.91. The molecule has 11 heteroatoms. The van der Waals surface area contributed by atoms with Gasteiger partial charge in [0.25, 0.3) is 5.56 Å². The standard InChI is InChI=1S/C22H20F3N5O2S/c1-29(2)9-3-4-30(8-9)15-6-10-11(5-12(15)23)19(31)17-20(33-28-22(17)32)16(10)18-13(24)7-14(25)21(26)27-18/h5-7,9,16H,3-4,8H2,1-2H3,(H2,26,27)(H,28,32). The minimum absolute atomic E-state index is 0.0508. The molecule has 5 rings (SSSR count). The highest BCUT2D eigenvalue weighted by atomic mass is 32.1. The van der Waals surface area contributed by atoms with Gasteiger partial charge in [-0.1, -0.05) is 11.5 Å². The summed E-state index contributed by atoms with van der Waals surface area (Å²) in [4.78, 5) is 33.5. The van der Waals surface area contributed by atoms with E-state index in [2.05, 4.69) is 14.3 Å². The quantitative estimate of drug-likeness (QED) is 0.473. The number of anilines is 2. The molecule has 3 heterocycles. The number of nitrogens with zero attached hydrogens (tertiary/aromatic N) is 3. The van der Waals surface area contributed by atoms with Crippen LogP contribution in [-0.4, -0.2) is 53.3 Å². The first-order chi connectivity index (χ1) is 15.7. The molecular formula is C22H20F3N5O2S. The lowest BCUT2D eigenvalue weighted by Gasteiger charge is -2.28. The summed E-state index contributed by atoms with van der Waals surface area (Å²) in [5.41, 5.74) is 5.05. The van der Waals surface area contributed by atoms with Crippen LogP contribution in [0.1, 0.15) is 44.4 Å². The number of nitrogens with two attached hydrogens (primary N) is 1. The van der Waals surface area contributed by atoms with Crippen LogP contribution in [0.2, 0.25) is 0 Å². The minimum atomic E-state index is -1.02. The number of nitrogens with one attached hydrogen (secondary N) is 1. The Bertz CT molecular complexity index is 1350. The molecule has 1 aromatic carbocycles. The van der Waals surface area contributed by atoms with Crippen LogP contribution in [0, 0.1) is 17.5 Å². The predicted molar refractivity (Wildman–Crippen MR) is 119 cm³/mol. The number of carbonyl (C=O) groups excluding carboxylic acids is 1. The first-order valence-electron chi connectivity index (χ1n) is 10.3. The van der Waals surface area contributed by atoms with Crippen molar-refractivity contribution in [3.05, 3.63) is 73.3 Å². The summed E-state index contributed by atoms with van der Waals surface area (Å²) < 4.78 is 46.4. The van der Waals surface area contributed by atoms with Crippen molar-refractivity contribution in [2.75, 3.05) is 37.8 Å². The van der Waals surface area contributed by atoms with Crippen LogP contribution in [0.25, 0.3) is 0 Å². The van der Waals surface area contributed by atoms with E-state index in [9.17, 15) is 18.4 Å². The Balaban J connectivity index is 1.72. The lowest BCUT2D eigenvalue weighted by atomic mass is 9.80. The Morgan fingerprint density at radius 2 is 1.91 bits per heavy atom. The molecule has 0 bridgehead atoms. The molecule has 2 aliphatic rings. The Kier molecular flexibility index (Phi) is 5.05. The number of halogens is 3. The maximum atomic E-state index is 15.2. The van der Waals surface area contributed by atoms with Gasteiger partial charge in [-0.3, -0.25) is 14.0 Å². The van der Waals surface area contributed by atoms with E-state index >= 15 is 4.39 Å². The SMILES string of the molecule is CN(C)C1CCN(c2cc3c(cc2F)C(=O)c2c(s[nH]c2=O)C3c2nc(N)c(F)cc2F)C1. The fourth-order valence-corrected chi connectivity index (χ4v) is 5.57. The largest absolute Gasteiger partial charge is 0.381 e. The van der Waals surface area contributed by atoms with Gasteiger partial charge in [0.15, 0.2) is 17.4 Å². The smallest absolute Gasteiger partial charge is 0.269 e. The third-order valence-corrected chi connectivity index (χ3v) is 7.33. The molecule has 3 aromatic rings. The highest BCUT2D eigenvalue weighted by Gasteiger charge is 2.40. The topological polar surface area (TPSA) is 95.3 Å². The number of H-pyrrole nitrogens is 1. The lowest BCUT2D eigenvalue weighted by Crippen LogP contribution is -2.32. The summed E-state index contributed by atoms with van der Waals surface area (Å²) in [6.45, 7) is 1.19. The van der Waals surface area contributed by atoms with E-state index < -0.39 is 40.5 Å². The number of hydrogen-bond donors (Lipinski definition) is 2. The molecule has 33 heavy (non-hydrogen) atoms. The molecule has 0 spiro atoms. The minimum Gasteiger partial charge on any atom is -0.381 e. The molecule has 7 nitrogen and oxygen atoms in total. The van der Waals surface area contributed by atoms with E-state index in [1.165, 1.54) is 6.07 Å². The molecule has 3 N–H and O–H groups in total. The monoisotopic (exact) mass is 475 g/mol.